The average Bonchev–Trinajstić information content (AvgIpc) is 2.50. The van der Waals surface area contributed by atoms with Crippen molar-refractivity contribution in [3.8, 4) is 6.07 Å². The number of nitriles is 1. The molecule has 1 aliphatic rings. The summed E-state index contributed by atoms with van der Waals surface area (Å²) in [5.41, 5.74) is -0.377. The van der Waals surface area contributed by atoms with E-state index in [1.165, 1.54) is 0 Å². The summed E-state index contributed by atoms with van der Waals surface area (Å²) in [6.07, 6.45) is 1.98. The number of nitrogens with zero attached hydrogens (tertiary/aromatic N) is 4. The van der Waals surface area contributed by atoms with E-state index in [9.17, 15) is 5.26 Å². The van der Waals surface area contributed by atoms with Gasteiger partial charge in [-0.05, 0) is 40.4 Å². The summed E-state index contributed by atoms with van der Waals surface area (Å²) in [7, 11) is 4.25. The molecule has 0 aliphatic carbocycles. The lowest BCUT2D eigenvalue weighted by molar-refractivity contribution is 0.119. The zero-order valence-corrected chi connectivity index (χ0v) is 14.4. The van der Waals surface area contributed by atoms with Crippen molar-refractivity contribution in [1.29, 1.82) is 5.26 Å². The summed E-state index contributed by atoms with van der Waals surface area (Å²) in [5.74, 6) is 0. The third-order valence-corrected chi connectivity index (χ3v) is 4.27. The molecule has 0 radical (unpaired) electrons. The first-order valence-electron chi connectivity index (χ1n) is 8.25. The van der Waals surface area contributed by atoms with Gasteiger partial charge in [-0.15, -0.1) is 0 Å². The Morgan fingerprint density at radius 2 is 1.71 bits per heavy atom. The summed E-state index contributed by atoms with van der Waals surface area (Å²) < 4.78 is 0. The summed E-state index contributed by atoms with van der Waals surface area (Å²) in [5, 5.41) is 12.7. The van der Waals surface area contributed by atoms with Gasteiger partial charge in [-0.25, -0.2) is 0 Å². The van der Waals surface area contributed by atoms with Gasteiger partial charge in [0.15, 0.2) is 0 Å². The number of nitrogens with one attached hydrogen (secondary N) is 1. The van der Waals surface area contributed by atoms with Gasteiger partial charge < -0.3 is 9.80 Å². The van der Waals surface area contributed by atoms with Crippen LogP contribution in [0.3, 0.4) is 0 Å². The average molecular weight is 295 g/mol. The van der Waals surface area contributed by atoms with E-state index in [1.54, 1.807) is 0 Å². The maximum Gasteiger partial charge on any atom is 0.105 e. The normalized spacial score (nSPS) is 20.4. The molecule has 1 fully saturated rings. The largest absolute Gasteiger partial charge is 0.308 e. The molecule has 1 N–H and O–H groups in total. The Hall–Kier alpha value is -0.670. The van der Waals surface area contributed by atoms with Gasteiger partial charge in [0.1, 0.15) is 5.54 Å². The van der Waals surface area contributed by atoms with Crippen LogP contribution in [0.25, 0.3) is 0 Å². The zero-order chi connectivity index (χ0) is 15.7. The van der Waals surface area contributed by atoms with Crippen LogP contribution in [0, 0.1) is 11.3 Å². The first-order chi connectivity index (χ1) is 9.99. The van der Waals surface area contributed by atoms with Gasteiger partial charge in [0.25, 0.3) is 0 Å². The highest BCUT2D eigenvalue weighted by Crippen LogP contribution is 2.11. The van der Waals surface area contributed by atoms with Crippen molar-refractivity contribution in [3.63, 3.8) is 0 Å². The molecule has 0 aromatic carbocycles. The van der Waals surface area contributed by atoms with Crippen molar-refractivity contribution in [2.24, 2.45) is 0 Å². The number of likely N-dealkylation sites (N-methyl/N-ethyl adjacent to an activating group) is 1. The summed E-state index contributed by atoms with van der Waals surface area (Å²) in [6.45, 7) is 12.9. The minimum atomic E-state index is -0.377. The summed E-state index contributed by atoms with van der Waals surface area (Å²) in [4.78, 5) is 7.27. The molecule has 0 spiro atoms. The fourth-order valence-electron chi connectivity index (χ4n) is 2.54. The molecule has 1 rings (SSSR count). The molecule has 0 bridgehead atoms. The van der Waals surface area contributed by atoms with Crippen molar-refractivity contribution in [3.05, 3.63) is 0 Å². The Morgan fingerprint density at radius 1 is 1.14 bits per heavy atom. The van der Waals surface area contributed by atoms with Crippen LogP contribution in [0.2, 0.25) is 0 Å². The Balaban J connectivity index is 2.24. The third kappa shape index (κ3) is 7.23. The van der Waals surface area contributed by atoms with Crippen LogP contribution in [0.1, 0.15) is 26.7 Å². The van der Waals surface area contributed by atoms with Crippen LogP contribution in [-0.4, -0.2) is 86.7 Å². The van der Waals surface area contributed by atoms with Crippen molar-refractivity contribution in [2.45, 2.75) is 32.2 Å². The van der Waals surface area contributed by atoms with Gasteiger partial charge in [-0.3, -0.25) is 10.2 Å². The smallest absolute Gasteiger partial charge is 0.105 e. The first kappa shape index (κ1) is 18.4. The standard InChI is InChI=1S/C16H33N5/c1-5-7-18-16(2,15-17)6-8-20-11-13-21(14-12-20)10-9-19(3)4/h18H,5-14H2,1-4H3. The molecular formula is C16H33N5. The Kier molecular flexibility index (Phi) is 8.20. The highest BCUT2D eigenvalue weighted by atomic mass is 15.3. The summed E-state index contributed by atoms with van der Waals surface area (Å²) >= 11 is 0. The number of piperazine rings is 1. The molecule has 1 heterocycles. The van der Waals surface area contributed by atoms with Crippen molar-refractivity contribution >= 4 is 0 Å². The second-order valence-electron chi connectivity index (χ2n) is 6.61. The van der Waals surface area contributed by atoms with Crippen molar-refractivity contribution in [2.75, 3.05) is 66.5 Å². The van der Waals surface area contributed by atoms with Crippen LogP contribution < -0.4 is 5.32 Å². The van der Waals surface area contributed by atoms with Gasteiger partial charge in [-0.2, -0.15) is 5.26 Å². The number of hydrogen-bond acceptors (Lipinski definition) is 5. The van der Waals surface area contributed by atoms with Crippen LogP contribution in [-0.2, 0) is 0 Å². The minimum Gasteiger partial charge on any atom is -0.308 e. The first-order valence-corrected chi connectivity index (χ1v) is 8.25. The van der Waals surface area contributed by atoms with Gasteiger partial charge >= 0.3 is 0 Å². The molecule has 0 amide bonds. The Bertz CT molecular complexity index is 317. The third-order valence-electron chi connectivity index (χ3n) is 4.27. The SMILES string of the molecule is CCCNC(C)(C#N)CCN1CCN(CCN(C)C)CC1. The fourth-order valence-corrected chi connectivity index (χ4v) is 2.54. The molecule has 1 aliphatic heterocycles. The molecule has 21 heavy (non-hydrogen) atoms. The van der Waals surface area contributed by atoms with E-state index in [2.05, 4.69) is 47.1 Å². The van der Waals surface area contributed by atoms with E-state index in [0.29, 0.717) is 0 Å². The van der Waals surface area contributed by atoms with Gasteiger partial charge in [0.05, 0.1) is 6.07 Å². The molecule has 5 nitrogen and oxygen atoms in total. The predicted molar refractivity (Wildman–Crippen MR) is 88.4 cm³/mol. The van der Waals surface area contributed by atoms with E-state index >= 15 is 0 Å². The lowest BCUT2D eigenvalue weighted by atomic mass is 9.99. The van der Waals surface area contributed by atoms with Gasteiger partial charge in [0.2, 0.25) is 0 Å². The molecule has 5 heteroatoms. The topological polar surface area (TPSA) is 45.5 Å². The van der Waals surface area contributed by atoms with Gasteiger partial charge in [-0.1, -0.05) is 6.92 Å². The van der Waals surface area contributed by atoms with E-state index < -0.39 is 0 Å². The number of hydrogen-bond donors (Lipinski definition) is 1. The maximum atomic E-state index is 9.36. The monoisotopic (exact) mass is 295 g/mol. The molecule has 1 saturated heterocycles. The lowest BCUT2D eigenvalue weighted by Gasteiger charge is -2.36. The Labute approximate surface area is 130 Å². The van der Waals surface area contributed by atoms with Crippen LogP contribution in [0.5, 0.6) is 0 Å². The second kappa shape index (κ2) is 9.37. The fraction of sp³-hybridized carbons (Fsp3) is 0.938. The van der Waals surface area contributed by atoms with Gasteiger partial charge in [0, 0.05) is 45.8 Å². The molecular weight excluding hydrogens is 262 g/mol. The van der Waals surface area contributed by atoms with E-state index in [-0.39, 0.29) is 5.54 Å². The molecule has 1 unspecified atom stereocenters. The predicted octanol–water partition coefficient (Wildman–Crippen LogP) is 0.838. The van der Waals surface area contributed by atoms with Crippen LogP contribution >= 0.6 is 0 Å². The molecule has 122 valence electrons. The molecule has 0 saturated carbocycles. The quantitative estimate of drug-likeness (QED) is 0.683. The van der Waals surface area contributed by atoms with Crippen molar-refractivity contribution in [1.82, 2.24) is 20.0 Å². The molecule has 1 atom stereocenters. The highest BCUT2D eigenvalue weighted by molar-refractivity contribution is 5.04. The maximum absolute atomic E-state index is 9.36. The van der Waals surface area contributed by atoms with E-state index in [1.807, 2.05) is 6.92 Å². The molecule has 0 aromatic heterocycles. The summed E-state index contributed by atoms with van der Waals surface area (Å²) in [6, 6.07) is 2.44. The van der Waals surface area contributed by atoms with E-state index in [4.69, 9.17) is 0 Å². The molecule has 0 aromatic rings. The van der Waals surface area contributed by atoms with Crippen LogP contribution in [0.15, 0.2) is 0 Å². The van der Waals surface area contributed by atoms with Crippen LogP contribution in [0.4, 0.5) is 0 Å². The zero-order valence-electron chi connectivity index (χ0n) is 14.4. The highest BCUT2D eigenvalue weighted by Gasteiger charge is 2.24. The lowest BCUT2D eigenvalue weighted by Crippen LogP contribution is -2.50. The number of rotatable bonds is 9. The Morgan fingerprint density at radius 3 is 2.19 bits per heavy atom. The second-order valence-corrected chi connectivity index (χ2v) is 6.61. The minimum absolute atomic E-state index is 0.377. The van der Waals surface area contributed by atoms with E-state index in [0.717, 1.165) is 65.2 Å². The van der Waals surface area contributed by atoms with Crippen molar-refractivity contribution < 1.29 is 0 Å².